The molecule has 1 nitrogen and oxygen atoms in total. The zero-order valence-electron chi connectivity index (χ0n) is 8.84. The summed E-state index contributed by atoms with van der Waals surface area (Å²) in [5.41, 5.74) is 0.872. The van der Waals surface area contributed by atoms with Crippen molar-refractivity contribution in [3.05, 3.63) is 49.0 Å². The number of thiophene rings is 1. The Balaban J connectivity index is 1.97. The Morgan fingerprint density at radius 1 is 1.18 bits per heavy atom. The molecule has 0 saturated heterocycles. The predicted octanol–water partition coefficient (Wildman–Crippen LogP) is 5.47. The Kier molecular flexibility index (Phi) is 4.74. The van der Waals surface area contributed by atoms with Crippen molar-refractivity contribution >= 4 is 56.2 Å². The van der Waals surface area contributed by atoms with E-state index >= 15 is 0 Å². The molecule has 0 aliphatic rings. The molecule has 17 heavy (non-hydrogen) atoms. The first kappa shape index (κ1) is 13.2. The monoisotopic (exact) mass is 349 g/mol. The maximum atomic E-state index is 6.14. The van der Waals surface area contributed by atoms with E-state index in [1.807, 2.05) is 12.1 Å². The smallest absolute Gasteiger partial charge is 0.0835 e. The van der Waals surface area contributed by atoms with E-state index in [1.54, 1.807) is 11.3 Å². The molecule has 0 aliphatic heterocycles. The lowest BCUT2D eigenvalue weighted by Crippen LogP contribution is -2.04. The topological polar surface area (TPSA) is 12.0 Å². The molecule has 0 aliphatic carbocycles. The van der Waals surface area contributed by atoms with E-state index in [0.717, 1.165) is 23.1 Å². The van der Waals surface area contributed by atoms with E-state index < -0.39 is 0 Å². The highest BCUT2D eigenvalue weighted by Gasteiger charge is 2.07. The Morgan fingerprint density at radius 3 is 2.71 bits per heavy atom. The Hall–Kier alpha value is -0.220. The van der Waals surface area contributed by atoms with Crippen LogP contribution in [0.5, 0.6) is 0 Å². The Morgan fingerprint density at radius 2 is 2.00 bits per heavy atom. The molecule has 5 heteroatoms. The van der Waals surface area contributed by atoms with Crippen LogP contribution in [0.15, 0.2) is 34.1 Å². The fraction of sp³-hybridized carbons (Fsp3) is 0.167. The lowest BCUT2D eigenvalue weighted by Gasteiger charge is -2.09. The van der Waals surface area contributed by atoms with Crippen LogP contribution >= 0.6 is 50.5 Å². The molecule has 1 heterocycles. The number of benzene rings is 1. The van der Waals surface area contributed by atoms with E-state index in [2.05, 4.69) is 38.8 Å². The summed E-state index contributed by atoms with van der Waals surface area (Å²) in [5.74, 6) is 0. The second-order valence-corrected chi connectivity index (χ2v) is 6.12. The average Bonchev–Trinajstić information content (AvgIpc) is 2.82. The fourth-order valence-electron chi connectivity index (χ4n) is 1.44. The van der Waals surface area contributed by atoms with Crippen LogP contribution < -0.4 is 5.32 Å². The number of anilines is 1. The van der Waals surface area contributed by atoms with Gasteiger partial charge in [0.05, 0.1) is 15.7 Å². The SMILES string of the molecule is Clc1c(Br)ccc(NCCc2cccs2)c1Cl. The van der Waals surface area contributed by atoms with Crippen LogP contribution in [-0.4, -0.2) is 6.54 Å². The minimum Gasteiger partial charge on any atom is -0.383 e. The summed E-state index contributed by atoms with van der Waals surface area (Å²) in [5, 5.41) is 6.48. The maximum absolute atomic E-state index is 6.14. The summed E-state index contributed by atoms with van der Waals surface area (Å²) < 4.78 is 0.813. The summed E-state index contributed by atoms with van der Waals surface area (Å²) >= 11 is 17.3. The number of hydrogen-bond donors (Lipinski definition) is 1. The summed E-state index contributed by atoms with van der Waals surface area (Å²) in [7, 11) is 0. The Labute approximate surface area is 123 Å². The summed E-state index contributed by atoms with van der Waals surface area (Å²) in [6.45, 7) is 0.845. The van der Waals surface area contributed by atoms with E-state index in [4.69, 9.17) is 23.2 Å². The summed E-state index contributed by atoms with van der Waals surface area (Å²) in [6, 6.07) is 8.00. The molecule has 90 valence electrons. The van der Waals surface area contributed by atoms with E-state index in [0.29, 0.717) is 10.0 Å². The van der Waals surface area contributed by atoms with Gasteiger partial charge in [-0.1, -0.05) is 29.3 Å². The van der Waals surface area contributed by atoms with Crippen LogP contribution in [0.1, 0.15) is 4.88 Å². The third-order valence-corrected chi connectivity index (χ3v) is 5.01. The molecule has 0 amide bonds. The minimum absolute atomic E-state index is 0.549. The zero-order valence-corrected chi connectivity index (χ0v) is 12.8. The third-order valence-electron chi connectivity index (χ3n) is 2.30. The van der Waals surface area contributed by atoms with Crippen molar-refractivity contribution in [2.24, 2.45) is 0 Å². The molecule has 1 aromatic heterocycles. The largest absolute Gasteiger partial charge is 0.383 e. The first-order valence-electron chi connectivity index (χ1n) is 5.08. The predicted molar refractivity (Wildman–Crippen MR) is 80.7 cm³/mol. The van der Waals surface area contributed by atoms with E-state index in [9.17, 15) is 0 Å². The lowest BCUT2D eigenvalue weighted by molar-refractivity contribution is 1.04. The van der Waals surface area contributed by atoms with Gasteiger partial charge in [-0.3, -0.25) is 0 Å². The molecular formula is C12H10BrCl2NS. The molecule has 0 atom stereocenters. The van der Waals surface area contributed by atoms with Crippen LogP contribution in [0.2, 0.25) is 10.0 Å². The van der Waals surface area contributed by atoms with Gasteiger partial charge >= 0.3 is 0 Å². The van der Waals surface area contributed by atoms with Crippen molar-refractivity contribution < 1.29 is 0 Å². The van der Waals surface area contributed by atoms with E-state index in [-0.39, 0.29) is 0 Å². The van der Waals surface area contributed by atoms with E-state index in [1.165, 1.54) is 4.88 Å². The molecule has 0 spiro atoms. The van der Waals surface area contributed by atoms with Gasteiger partial charge in [0, 0.05) is 15.9 Å². The van der Waals surface area contributed by atoms with Gasteiger partial charge in [-0.05, 0) is 45.9 Å². The number of rotatable bonds is 4. The normalized spacial score (nSPS) is 10.5. The van der Waals surface area contributed by atoms with Crippen molar-refractivity contribution in [3.63, 3.8) is 0 Å². The second kappa shape index (κ2) is 6.10. The molecule has 1 N–H and O–H groups in total. The zero-order chi connectivity index (χ0) is 12.3. The van der Waals surface area contributed by atoms with Crippen LogP contribution in [0, 0.1) is 0 Å². The number of halogens is 3. The van der Waals surface area contributed by atoms with Crippen LogP contribution in [0.3, 0.4) is 0 Å². The molecule has 0 radical (unpaired) electrons. The standard InChI is InChI=1S/C12H10BrCl2NS/c13-9-3-4-10(12(15)11(9)14)16-6-5-8-2-1-7-17-8/h1-4,7,16H,5-6H2. The van der Waals surface area contributed by atoms with Crippen molar-refractivity contribution in [2.45, 2.75) is 6.42 Å². The van der Waals surface area contributed by atoms with Crippen molar-refractivity contribution in [2.75, 3.05) is 11.9 Å². The fourth-order valence-corrected chi connectivity index (χ4v) is 2.99. The molecule has 2 rings (SSSR count). The highest BCUT2D eigenvalue weighted by molar-refractivity contribution is 9.10. The van der Waals surface area contributed by atoms with Gasteiger partial charge < -0.3 is 5.32 Å². The second-order valence-electron chi connectivity index (χ2n) is 3.48. The molecule has 0 saturated carbocycles. The summed E-state index contributed by atoms with van der Waals surface area (Å²) in [4.78, 5) is 1.36. The van der Waals surface area contributed by atoms with Crippen LogP contribution in [0.25, 0.3) is 0 Å². The van der Waals surface area contributed by atoms with Gasteiger partial charge in [-0.15, -0.1) is 11.3 Å². The first-order chi connectivity index (χ1) is 8.18. The molecular weight excluding hydrogens is 341 g/mol. The number of hydrogen-bond acceptors (Lipinski definition) is 2. The highest BCUT2D eigenvalue weighted by Crippen LogP contribution is 2.35. The molecule has 1 aromatic carbocycles. The van der Waals surface area contributed by atoms with Gasteiger partial charge in [0.15, 0.2) is 0 Å². The first-order valence-corrected chi connectivity index (χ1v) is 7.51. The average molecular weight is 351 g/mol. The lowest BCUT2D eigenvalue weighted by atomic mass is 10.3. The van der Waals surface area contributed by atoms with Gasteiger partial charge in [0.25, 0.3) is 0 Å². The van der Waals surface area contributed by atoms with Crippen molar-refractivity contribution in [1.82, 2.24) is 0 Å². The van der Waals surface area contributed by atoms with Gasteiger partial charge in [-0.25, -0.2) is 0 Å². The van der Waals surface area contributed by atoms with Crippen LogP contribution in [0.4, 0.5) is 5.69 Å². The molecule has 0 fully saturated rings. The van der Waals surface area contributed by atoms with Crippen molar-refractivity contribution in [1.29, 1.82) is 0 Å². The highest BCUT2D eigenvalue weighted by atomic mass is 79.9. The van der Waals surface area contributed by atoms with Crippen LogP contribution in [-0.2, 0) is 6.42 Å². The Bertz CT molecular complexity index is 499. The van der Waals surface area contributed by atoms with Crippen molar-refractivity contribution in [3.8, 4) is 0 Å². The minimum atomic E-state index is 0.549. The molecule has 0 unspecified atom stereocenters. The molecule has 0 bridgehead atoms. The maximum Gasteiger partial charge on any atom is 0.0835 e. The number of nitrogens with one attached hydrogen (secondary N) is 1. The summed E-state index contributed by atoms with van der Waals surface area (Å²) in [6.07, 6.45) is 0.988. The third kappa shape index (κ3) is 3.38. The van der Waals surface area contributed by atoms with Gasteiger partial charge in [0.1, 0.15) is 0 Å². The van der Waals surface area contributed by atoms with Gasteiger partial charge in [0.2, 0.25) is 0 Å². The quantitative estimate of drug-likeness (QED) is 0.720. The molecule has 2 aromatic rings. The van der Waals surface area contributed by atoms with Gasteiger partial charge in [-0.2, -0.15) is 0 Å².